The van der Waals surface area contributed by atoms with Crippen molar-refractivity contribution in [3.05, 3.63) is 57.8 Å². The van der Waals surface area contributed by atoms with E-state index in [1.165, 1.54) is 16.0 Å². The summed E-state index contributed by atoms with van der Waals surface area (Å²) in [5, 5.41) is 5.71. The first-order chi connectivity index (χ1) is 8.29. The molecule has 1 heterocycles. The Hall–Kier alpha value is -1.12. The Morgan fingerprint density at radius 2 is 2.12 bits per heavy atom. The van der Waals surface area contributed by atoms with Gasteiger partial charge in [-0.15, -0.1) is 11.3 Å². The predicted molar refractivity (Wildman–Crippen MR) is 75.6 cm³/mol. The third kappa shape index (κ3) is 3.42. The van der Waals surface area contributed by atoms with Crippen molar-refractivity contribution in [3.63, 3.8) is 0 Å². The van der Waals surface area contributed by atoms with Crippen molar-refractivity contribution in [2.24, 2.45) is 0 Å². The number of rotatable bonds is 5. The lowest BCUT2D eigenvalue weighted by atomic mass is 10.0. The quantitative estimate of drug-likeness (QED) is 0.841. The normalized spacial score (nSPS) is 12.6. The number of benzene rings is 1. The van der Waals surface area contributed by atoms with Gasteiger partial charge < -0.3 is 5.32 Å². The number of hydrogen-bond donors (Lipinski definition) is 1. The molecule has 2 aromatic rings. The van der Waals surface area contributed by atoms with Gasteiger partial charge >= 0.3 is 0 Å². The van der Waals surface area contributed by atoms with Gasteiger partial charge in [-0.2, -0.15) is 0 Å². The van der Waals surface area contributed by atoms with Crippen molar-refractivity contribution in [1.29, 1.82) is 0 Å². The van der Waals surface area contributed by atoms with E-state index in [2.05, 4.69) is 60.9 Å². The van der Waals surface area contributed by atoms with E-state index < -0.39 is 0 Å². The lowest BCUT2D eigenvalue weighted by Crippen LogP contribution is -2.22. The van der Waals surface area contributed by atoms with Crippen LogP contribution < -0.4 is 5.32 Å². The van der Waals surface area contributed by atoms with Crippen LogP contribution in [-0.4, -0.2) is 6.54 Å². The van der Waals surface area contributed by atoms with Gasteiger partial charge in [0.25, 0.3) is 0 Å². The van der Waals surface area contributed by atoms with E-state index in [1.54, 1.807) is 0 Å². The molecule has 0 aliphatic carbocycles. The molecule has 0 saturated carbocycles. The summed E-state index contributed by atoms with van der Waals surface area (Å²) in [6.07, 6.45) is 1.07. The zero-order valence-corrected chi connectivity index (χ0v) is 11.3. The van der Waals surface area contributed by atoms with Gasteiger partial charge in [-0.1, -0.05) is 42.8 Å². The number of likely N-dealkylation sites (N-methyl/N-ethyl adjacent to an activating group) is 1. The van der Waals surface area contributed by atoms with Crippen LogP contribution in [0.3, 0.4) is 0 Å². The fourth-order valence-electron chi connectivity index (χ4n) is 2.08. The maximum atomic E-state index is 3.56. The minimum Gasteiger partial charge on any atom is -0.309 e. The Labute approximate surface area is 108 Å². The van der Waals surface area contributed by atoms with Gasteiger partial charge in [0.05, 0.1) is 0 Å². The highest BCUT2D eigenvalue weighted by Gasteiger charge is 2.11. The topological polar surface area (TPSA) is 12.0 Å². The van der Waals surface area contributed by atoms with Crippen molar-refractivity contribution < 1.29 is 0 Å². The Kier molecular flexibility index (Phi) is 4.35. The van der Waals surface area contributed by atoms with Crippen LogP contribution in [0.5, 0.6) is 0 Å². The Morgan fingerprint density at radius 1 is 1.24 bits per heavy atom. The Morgan fingerprint density at radius 3 is 2.76 bits per heavy atom. The standard InChI is InChI=1S/C15H19NS/c1-3-16-14(15-8-5-9-17-15)11-13-7-4-6-12(2)10-13/h4-10,14,16H,3,11H2,1-2H3. The molecule has 0 bridgehead atoms. The molecule has 0 fully saturated rings. The van der Waals surface area contributed by atoms with Gasteiger partial charge in [-0.3, -0.25) is 0 Å². The summed E-state index contributed by atoms with van der Waals surface area (Å²) >= 11 is 1.83. The molecule has 0 amide bonds. The molecule has 0 saturated heterocycles. The average molecular weight is 245 g/mol. The molecule has 1 nitrogen and oxygen atoms in total. The Bertz CT molecular complexity index is 448. The van der Waals surface area contributed by atoms with Gasteiger partial charge in [0.15, 0.2) is 0 Å². The zero-order valence-electron chi connectivity index (χ0n) is 10.4. The van der Waals surface area contributed by atoms with Crippen molar-refractivity contribution in [3.8, 4) is 0 Å². The fraction of sp³-hybridized carbons (Fsp3) is 0.333. The third-order valence-corrected chi connectivity index (χ3v) is 3.85. The first-order valence-electron chi connectivity index (χ1n) is 6.12. The van der Waals surface area contributed by atoms with E-state index in [9.17, 15) is 0 Å². The lowest BCUT2D eigenvalue weighted by molar-refractivity contribution is 0.558. The summed E-state index contributed by atoms with van der Waals surface area (Å²) in [6.45, 7) is 5.32. The molecule has 1 aromatic heterocycles. The van der Waals surface area contributed by atoms with Crippen molar-refractivity contribution in [2.75, 3.05) is 6.54 Å². The molecule has 1 unspecified atom stereocenters. The minimum atomic E-state index is 0.446. The van der Waals surface area contributed by atoms with Gasteiger partial charge in [0.1, 0.15) is 0 Å². The van der Waals surface area contributed by atoms with Crippen molar-refractivity contribution in [2.45, 2.75) is 26.3 Å². The van der Waals surface area contributed by atoms with Crippen molar-refractivity contribution in [1.82, 2.24) is 5.32 Å². The highest BCUT2D eigenvalue weighted by molar-refractivity contribution is 7.10. The van der Waals surface area contributed by atoms with Crippen LogP contribution in [0, 0.1) is 6.92 Å². The first-order valence-corrected chi connectivity index (χ1v) is 7.00. The number of nitrogens with one attached hydrogen (secondary N) is 1. The summed E-state index contributed by atoms with van der Waals surface area (Å²) in [5.41, 5.74) is 2.74. The molecule has 0 aliphatic heterocycles. The second-order valence-corrected chi connectivity index (χ2v) is 5.30. The highest BCUT2D eigenvalue weighted by atomic mass is 32.1. The zero-order chi connectivity index (χ0) is 12.1. The summed E-state index contributed by atoms with van der Waals surface area (Å²) in [4.78, 5) is 1.42. The molecule has 0 radical (unpaired) electrons. The molecule has 0 spiro atoms. The molecule has 1 atom stereocenters. The van der Waals surface area contributed by atoms with Gasteiger partial charge in [-0.25, -0.2) is 0 Å². The first kappa shape index (κ1) is 12.3. The Balaban J connectivity index is 2.13. The smallest absolute Gasteiger partial charge is 0.0455 e. The lowest BCUT2D eigenvalue weighted by Gasteiger charge is -2.16. The van der Waals surface area contributed by atoms with E-state index in [-0.39, 0.29) is 0 Å². The highest BCUT2D eigenvalue weighted by Crippen LogP contribution is 2.23. The molecule has 1 aromatic carbocycles. The monoisotopic (exact) mass is 245 g/mol. The van der Waals surface area contributed by atoms with Crippen LogP contribution in [0.4, 0.5) is 0 Å². The SMILES string of the molecule is CCNC(Cc1cccc(C)c1)c1cccs1. The number of hydrogen-bond acceptors (Lipinski definition) is 2. The van der Waals surface area contributed by atoms with E-state index in [0.29, 0.717) is 6.04 Å². The fourth-order valence-corrected chi connectivity index (χ4v) is 2.89. The van der Waals surface area contributed by atoms with Crippen LogP contribution in [0.2, 0.25) is 0 Å². The average Bonchev–Trinajstić information content (AvgIpc) is 2.82. The summed E-state index contributed by atoms with van der Waals surface area (Å²) < 4.78 is 0. The van der Waals surface area contributed by atoms with Crippen LogP contribution in [-0.2, 0) is 6.42 Å². The summed E-state index contributed by atoms with van der Waals surface area (Å²) in [7, 11) is 0. The van der Waals surface area contributed by atoms with Gasteiger partial charge in [0, 0.05) is 10.9 Å². The number of aryl methyl sites for hydroxylation is 1. The van der Waals surface area contributed by atoms with E-state index in [1.807, 2.05) is 11.3 Å². The maximum Gasteiger partial charge on any atom is 0.0455 e. The molecular weight excluding hydrogens is 226 g/mol. The second-order valence-electron chi connectivity index (χ2n) is 4.32. The summed E-state index contributed by atoms with van der Waals surface area (Å²) in [6, 6.07) is 13.6. The van der Waals surface area contributed by atoms with Crippen LogP contribution in [0.15, 0.2) is 41.8 Å². The van der Waals surface area contributed by atoms with E-state index in [0.717, 1.165) is 13.0 Å². The molecule has 2 rings (SSSR count). The van der Waals surface area contributed by atoms with Crippen LogP contribution in [0.1, 0.15) is 29.0 Å². The predicted octanol–water partition coefficient (Wildman–Crippen LogP) is 3.95. The van der Waals surface area contributed by atoms with Gasteiger partial charge in [-0.05, 0) is 36.9 Å². The van der Waals surface area contributed by atoms with Crippen LogP contribution >= 0.6 is 11.3 Å². The molecule has 17 heavy (non-hydrogen) atoms. The molecule has 90 valence electrons. The largest absolute Gasteiger partial charge is 0.309 e. The second kappa shape index (κ2) is 5.99. The molecular formula is C15H19NS. The summed E-state index contributed by atoms with van der Waals surface area (Å²) in [5.74, 6) is 0. The van der Waals surface area contributed by atoms with Crippen LogP contribution in [0.25, 0.3) is 0 Å². The number of thiophene rings is 1. The maximum absolute atomic E-state index is 3.56. The molecule has 0 aliphatic rings. The minimum absolute atomic E-state index is 0.446. The van der Waals surface area contributed by atoms with E-state index >= 15 is 0 Å². The molecule has 1 N–H and O–H groups in total. The van der Waals surface area contributed by atoms with Gasteiger partial charge in [0.2, 0.25) is 0 Å². The third-order valence-electron chi connectivity index (χ3n) is 2.86. The molecule has 2 heteroatoms. The van der Waals surface area contributed by atoms with Crippen molar-refractivity contribution >= 4 is 11.3 Å². The van der Waals surface area contributed by atoms with E-state index in [4.69, 9.17) is 0 Å².